The fourth-order valence-corrected chi connectivity index (χ4v) is 2.87. The smallest absolute Gasteiger partial charge is 0.325 e. The van der Waals surface area contributed by atoms with Crippen LogP contribution < -0.4 is 5.32 Å². The van der Waals surface area contributed by atoms with E-state index in [9.17, 15) is 4.79 Å². The van der Waals surface area contributed by atoms with Crippen molar-refractivity contribution in [3.05, 3.63) is 0 Å². The van der Waals surface area contributed by atoms with Crippen LogP contribution in [-0.2, 0) is 14.3 Å². The van der Waals surface area contributed by atoms with E-state index < -0.39 is 5.54 Å². The molecule has 0 amide bonds. The molecule has 3 atom stereocenters. The van der Waals surface area contributed by atoms with Crippen LogP contribution >= 0.6 is 0 Å². The second-order valence-electron chi connectivity index (χ2n) is 5.73. The topological polar surface area (TPSA) is 50.8 Å². The van der Waals surface area contributed by atoms with Crippen molar-refractivity contribution in [2.45, 2.75) is 38.3 Å². The number of hydrogen-bond donors (Lipinski definition) is 1. The van der Waals surface area contributed by atoms with E-state index in [1.54, 1.807) is 14.2 Å². The van der Waals surface area contributed by atoms with E-state index in [-0.39, 0.29) is 5.97 Å². The normalized spacial score (nSPS) is 25.0. The predicted octanol–water partition coefficient (Wildman–Crippen LogP) is 0.884. The van der Waals surface area contributed by atoms with Crippen molar-refractivity contribution >= 4 is 5.97 Å². The summed E-state index contributed by atoms with van der Waals surface area (Å²) in [5, 5.41) is 3.09. The summed E-state index contributed by atoms with van der Waals surface area (Å²) in [6.07, 6.45) is 1.92. The predicted molar refractivity (Wildman–Crippen MR) is 75.1 cm³/mol. The Hall–Kier alpha value is -0.650. The van der Waals surface area contributed by atoms with Crippen LogP contribution in [0.5, 0.6) is 0 Å². The van der Waals surface area contributed by atoms with Crippen LogP contribution in [0.4, 0.5) is 0 Å². The molecule has 5 heteroatoms. The Balaban J connectivity index is 2.54. The molecular weight excluding hydrogens is 244 g/mol. The van der Waals surface area contributed by atoms with Gasteiger partial charge in [0.05, 0.1) is 13.7 Å². The van der Waals surface area contributed by atoms with Gasteiger partial charge < -0.3 is 19.7 Å². The molecule has 19 heavy (non-hydrogen) atoms. The van der Waals surface area contributed by atoms with E-state index in [0.717, 1.165) is 26.1 Å². The molecule has 3 unspecified atom stereocenters. The first-order valence-corrected chi connectivity index (χ1v) is 6.97. The largest absolute Gasteiger partial charge is 0.468 e. The highest BCUT2D eigenvalue weighted by Gasteiger charge is 2.37. The molecule has 0 bridgehead atoms. The number of rotatable bonds is 7. The lowest BCUT2D eigenvalue weighted by atomic mass is 9.93. The van der Waals surface area contributed by atoms with Crippen LogP contribution in [0.2, 0.25) is 0 Å². The van der Waals surface area contributed by atoms with E-state index >= 15 is 0 Å². The van der Waals surface area contributed by atoms with Crippen LogP contribution in [0.3, 0.4) is 0 Å². The Morgan fingerprint density at radius 2 is 2.21 bits per heavy atom. The maximum atomic E-state index is 11.9. The number of likely N-dealkylation sites (tertiary alicyclic amines) is 1. The van der Waals surface area contributed by atoms with Crippen LogP contribution in [0.25, 0.3) is 0 Å². The zero-order valence-corrected chi connectivity index (χ0v) is 12.9. The van der Waals surface area contributed by atoms with E-state index in [1.807, 2.05) is 6.92 Å². The minimum Gasteiger partial charge on any atom is -0.468 e. The number of likely N-dealkylation sites (N-methyl/N-ethyl adjacent to an activating group) is 1. The van der Waals surface area contributed by atoms with Gasteiger partial charge in [-0.1, -0.05) is 0 Å². The highest BCUT2D eigenvalue weighted by Crippen LogP contribution is 2.24. The Bertz CT molecular complexity index is 298. The molecule has 1 N–H and O–H groups in total. The second kappa shape index (κ2) is 7.22. The lowest BCUT2D eigenvalue weighted by Gasteiger charge is -2.33. The van der Waals surface area contributed by atoms with Crippen LogP contribution in [0, 0.1) is 5.92 Å². The molecule has 1 aliphatic heterocycles. The summed E-state index contributed by atoms with van der Waals surface area (Å²) in [7, 11) is 5.00. The number of hydrogen-bond acceptors (Lipinski definition) is 5. The van der Waals surface area contributed by atoms with Crippen molar-refractivity contribution in [3.63, 3.8) is 0 Å². The van der Waals surface area contributed by atoms with Gasteiger partial charge >= 0.3 is 5.97 Å². The van der Waals surface area contributed by atoms with E-state index in [1.165, 1.54) is 13.5 Å². The Kier molecular flexibility index (Phi) is 6.23. The Morgan fingerprint density at radius 3 is 2.74 bits per heavy atom. The third-order valence-electron chi connectivity index (χ3n) is 4.23. The molecule has 1 heterocycles. The number of ether oxygens (including phenoxy) is 2. The average molecular weight is 272 g/mol. The molecule has 1 rings (SSSR count). The lowest BCUT2D eigenvalue weighted by Crippen LogP contribution is -2.52. The van der Waals surface area contributed by atoms with Crippen molar-refractivity contribution in [1.29, 1.82) is 0 Å². The maximum absolute atomic E-state index is 11.9. The third-order valence-corrected chi connectivity index (χ3v) is 4.23. The van der Waals surface area contributed by atoms with Crippen LogP contribution in [-0.4, -0.2) is 63.4 Å². The summed E-state index contributed by atoms with van der Waals surface area (Å²) in [6, 6.07) is 0.346. The quantitative estimate of drug-likeness (QED) is 0.697. The molecule has 0 aliphatic carbocycles. The maximum Gasteiger partial charge on any atom is 0.325 e. The SMILES string of the molecule is CNC(C)(CC(C)N1CCC(COC)C1)C(=O)OC. The molecule has 1 aliphatic rings. The highest BCUT2D eigenvalue weighted by atomic mass is 16.5. The fraction of sp³-hybridized carbons (Fsp3) is 0.929. The summed E-state index contributed by atoms with van der Waals surface area (Å²) < 4.78 is 10.1. The highest BCUT2D eigenvalue weighted by molar-refractivity contribution is 5.80. The van der Waals surface area contributed by atoms with Gasteiger partial charge in [0, 0.05) is 19.7 Å². The Labute approximate surface area is 116 Å². The monoisotopic (exact) mass is 272 g/mol. The number of carbonyl (C=O) groups excluding carboxylic acids is 1. The van der Waals surface area contributed by atoms with Crippen molar-refractivity contribution in [2.24, 2.45) is 5.92 Å². The molecule has 0 radical (unpaired) electrons. The summed E-state index contributed by atoms with van der Waals surface area (Å²) in [5.41, 5.74) is -0.618. The molecule has 0 aromatic heterocycles. The zero-order chi connectivity index (χ0) is 14.5. The average Bonchev–Trinajstić information content (AvgIpc) is 2.86. The first kappa shape index (κ1) is 16.4. The van der Waals surface area contributed by atoms with Gasteiger partial charge in [-0.05, 0) is 46.2 Å². The van der Waals surface area contributed by atoms with E-state index in [4.69, 9.17) is 9.47 Å². The molecule has 1 saturated heterocycles. The second-order valence-corrected chi connectivity index (χ2v) is 5.73. The summed E-state index contributed by atoms with van der Waals surface area (Å²) in [6.45, 7) is 7.03. The minimum absolute atomic E-state index is 0.200. The van der Waals surface area contributed by atoms with Gasteiger partial charge in [0.15, 0.2) is 0 Å². The number of esters is 1. The lowest BCUT2D eigenvalue weighted by molar-refractivity contribution is -0.148. The number of methoxy groups -OCH3 is 2. The van der Waals surface area contributed by atoms with Gasteiger partial charge in [0.2, 0.25) is 0 Å². The molecule has 0 saturated carbocycles. The van der Waals surface area contributed by atoms with Crippen LogP contribution in [0.1, 0.15) is 26.7 Å². The van der Waals surface area contributed by atoms with Crippen molar-refractivity contribution in [3.8, 4) is 0 Å². The number of nitrogens with one attached hydrogen (secondary N) is 1. The fourth-order valence-electron chi connectivity index (χ4n) is 2.87. The summed E-state index contributed by atoms with van der Waals surface area (Å²) >= 11 is 0. The standard InChI is InChI=1S/C14H28N2O3/c1-11(8-14(2,15-3)13(17)19-5)16-7-6-12(9-16)10-18-4/h11-12,15H,6-10H2,1-5H3. The summed E-state index contributed by atoms with van der Waals surface area (Å²) in [5.74, 6) is 0.418. The van der Waals surface area contributed by atoms with Crippen LogP contribution in [0.15, 0.2) is 0 Å². The molecule has 0 aromatic carbocycles. The molecule has 5 nitrogen and oxygen atoms in total. The molecule has 112 valence electrons. The van der Waals surface area contributed by atoms with Gasteiger partial charge in [0.1, 0.15) is 5.54 Å². The first-order chi connectivity index (χ1) is 8.96. The third kappa shape index (κ3) is 4.16. The van der Waals surface area contributed by atoms with Gasteiger partial charge in [0.25, 0.3) is 0 Å². The Morgan fingerprint density at radius 1 is 1.53 bits per heavy atom. The molecule has 0 aromatic rings. The van der Waals surface area contributed by atoms with Crippen molar-refractivity contribution < 1.29 is 14.3 Å². The van der Waals surface area contributed by atoms with Gasteiger partial charge in [-0.2, -0.15) is 0 Å². The van der Waals surface area contributed by atoms with Crippen molar-refractivity contribution in [2.75, 3.05) is 41.0 Å². The number of carbonyl (C=O) groups is 1. The zero-order valence-electron chi connectivity index (χ0n) is 12.9. The molecule has 0 spiro atoms. The van der Waals surface area contributed by atoms with E-state index in [2.05, 4.69) is 17.1 Å². The van der Waals surface area contributed by atoms with Gasteiger partial charge in [-0.25, -0.2) is 0 Å². The minimum atomic E-state index is -0.618. The molecule has 1 fully saturated rings. The van der Waals surface area contributed by atoms with Gasteiger partial charge in [-0.15, -0.1) is 0 Å². The van der Waals surface area contributed by atoms with Gasteiger partial charge in [-0.3, -0.25) is 4.79 Å². The summed E-state index contributed by atoms with van der Waals surface area (Å²) in [4.78, 5) is 14.3. The number of nitrogens with zero attached hydrogens (tertiary/aromatic N) is 1. The molecular formula is C14H28N2O3. The van der Waals surface area contributed by atoms with Crippen molar-refractivity contribution in [1.82, 2.24) is 10.2 Å². The van der Waals surface area contributed by atoms with E-state index in [0.29, 0.717) is 12.0 Å². The first-order valence-electron chi connectivity index (χ1n) is 6.97.